The summed E-state index contributed by atoms with van der Waals surface area (Å²) < 4.78 is 10.2. The Morgan fingerprint density at radius 1 is 1.44 bits per heavy atom. The third kappa shape index (κ3) is 4.57. The highest BCUT2D eigenvalue weighted by atomic mass is 32.2. The van der Waals surface area contributed by atoms with Crippen LogP contribution in [0.4, 0.5) is 0 Å². The lowest BCUT2D eigenvalue weighted by Crippen LogP contribution is -2.22. The Hall–Kier alpha value is -1.75. The highest BCUT2D eigenvalue weighted by molar-refractivity contribution is 7.99. The van der Waals surface area contributed by atoms with Gasteiger partial charge < -0.3 is 9.47 Å². The summed E-state index contributed by atoms with van der Waals surface area (Å²) in [6.07, 6.45) is 3.94. The smallest absolute Gasteiger partial charge is 0.325 e. The van der Waals surface area contributed by atoms with Crippen LogP contribution in [0.15, 0.2) is 41.6 Å². The van der Waals surface area contributed by atoms with Crippen molar-refractivity contribution in [3.63, 3.8) is 0 Å². The van der Waals surface area contributed by atoms with E-state index in [-0.39, 0.29) is 6.61 Å². The lowest BCUT2D eigenvalue weighted by molar-refractivity contribution is -0.143. The minimum atomic E-state index is -0.726. The zero-order chi connectivity index (χ0) is 19.4. The summed E-state index contributed by atoms with van der Waals surface area (Å²) in [7, 11) is 0. The second kappa shape index (κ2) is 8.51. The van der Waals surface area contributed by atoms with Gasteiger partial charge in [0.05, 0.1) is 17.3 Å². The Morgan fingerprint density at radius 2 is 2.26 bits per heavy atom. The summed E-state index contributed by atoms with van der Waals surface area (Å²) in [6.45, 7) is 2.59. The van der Waals surface area contributed by atoms with E-state index in [1.165, 1.54) is 0 Å². The van der Waals surface area contributed by atoms with Gasteiger partial charge in [0.1, 0.15) is 11.7 Å². The number of carbonyl (C=O) groups is 1. The van der Waals surface area contributed by atoms with Gasteiger partial charge in [-0.05, 0) is 30.7 Å². The molecule has 27 heavy (non-hydrogen) atoms. The van der Waals surface area contributed by atoms with Crippen molar-refractivity contribution in [2.75, 3.05) is 13.2 Å². The fourth-order valence-electron chi connectivity index (χ4n) is 2.74. The van der Waals surface area contributed by atoms with E-state index in [0.29, 0.717) is 34.8 Å². The van der Waals surface area contributed by atoms with Crippen molar-refractivity contribution in [3.05, 3.63) is 53.3 Å². The van der Waals surface area contributed by atoms with Gasteiger partial charge in [-0.15, -0.1) is 12.6 Å². The molecule has 2 heterocycles. The van der Waals surface area contributed by atoms with Crippen LogP contribution < -0.4 is 4.74 Å². The highest BCUT2D eigenvalue weighted by Crippen LogP contribution is 2.45. The second-order valence-corrected chi connectivity index (χ2v) is 8.38. The van der Waals surface area contributed by atoms with Crippen molar-refractivity contribution in [2.24, 2.45) is 0 Å². The fourth-order valence-corrected chi connectivity index (χ4v) is 3.51. The van der Waals surface area contributed by atoms with Crippen molar-refractivity contribution in [1.82, 2.24) is 4.98 Å². The zero-order valence-electron chi connectivity index (χ0n) is 14.7. The molecule has 1 aromatic heterocycles. The van der Waals surface area contributed by atoms with Gasteiger partial charge in [-0.3, -0.25) is 9.78 Å². The Labute approximate surface area is 175 Å². The van der Waals surface area contributed by atoms with Gasteiger partial charge >= 0.3 is 5.97 Å². The number of ether oxygens (including phenoxy) is 2. The molecule has 140 valence electrons. The average molecular weight is 418 g/mol. The Balaban J connectivity index is 2.00. The molecule has 1 aliphatic heterocycles. The largest absolute Gasteiger partial charge is 0.493 e. The maximum atomic E-state index is 12.4. The number of hydrogen-bond acceptors (Lipinski definition) is 7. The molecule has 0 saturated carbocycles. The number of esters is 1. The Morgan fingerprint density at radius 3 is 2.96 bits per heavy atom. The van der Waals surface area contributed by atoms with Crippen LogP contribution in [-0.4, -0.2) is 24.2 Å². The van der Waals surface area contributed by atoms with E-state index in [0.717, 1.165) is 5.56 Å². The summed E-state index contributed by atoms with van der Waals surface area (Å²) in [5.74, 6) is 5.64. The number of hydrogen-bond donors (Lipinski definition) is 3. The number of pyridine rings is 1. The van der Waals surface area contributed by atoms with E-state index >= 15 is 0 Å². The van der Waals surface area contributed by atoms with Gasteiger partial charge in [0.15, 0.2) is 0 Å². The van der Waals surface area contributed by atoms with E-state index in [2.05, 4.69) is 54.7 Å². The number of carbonyl (C=O) groups excluding carboxylic acids is 1. The highest BCUT2D eigenvalue weighted by Gasteiger charge is 2.31. The molecule has 3 rings (SSSR count). The maximum Gasteiger partial charge on any atom is 0.325 e. The molecule has 1 atom stereocenters. The fraction of sp³-hybridized carbons (Fsp3) is 0.300. The predicted molar refractivity (Wildman–Crippen MR) is 114 cm³/mol. The molecule has 0 fully saturated rings. The first-order valence-electron chi connectivity index (χ1n) is 8.45. The summed E-state index contributed by atoms with van der Waals surface area (Å²) in [4.78, 5) is 17.1. The minimum absolute atomic E-state index is 0.285. The van der Waals surface area contributed by atoms with Crippen LogP contribution in [0.3, 0.4) is 0 Å². The third-order valence-corrected chi connectivity index (χ3v) is 5.43. The number of aromatic nitrogens is 1. The van der Waals surface area contributed by atoms with Gasteiger partial charge in [-0.2, -0.15) is 25.3 Å². The van der Waals surface area contributed by atoms with Crippen molar-refractivity contribution in [1.29, 1.82) is 0 Å². The molecule has 0 bridgehead atoms. The van der Waals surface area contributed by atoms with Crippen LogP contribution >= 0.6 is 37.9 Å². The Kier molecular flexibility index (Phi) is 6.30. The van der Waals surface area contributed by atoms with Crippen LogP contribution in [0.2, 0.25) is 0 Å². The number of rotatable bonds is 3. The molecule has 1 aromatic carbocycles. The third-order valence-electron chi connectivity index (χ3n) is 4.13. The molecular formula is C20H19NO3S3. The first kappa shape index (κ1) is 20.0. The number of fused-ring (bicyclic) bond motifs is 1. The number of nitrogens with zero attached hydrogens (tertiary/aromatic N) is 1. The van der Waals surface area contributed by atoms with Crippen LogP contribution in [0.1, 0.15) is 36.0 Å². The van der Waals surface area contributed by atoms with Crippen LogP contribution in [-0.2, 0) is 13.6 Å². The molecule has 0 spiro atoms. The molecule has 1 unspecified atom stereocenters. The Bertz CT molecular complexity index is 904. The van der Waals surface area contributed by atoms with Crippen molar-refractivity contribution < 1.29 is 14.3 Å². The van der Waals surface area contributed by atoms with E-state index < -0.39 is 16.0 Å². The van der Waals surface area contributed by atoms with E-state index in [1.807, 2.05) is 12.1 Å². The lowest BCUT2D eigenvalue weighted by Gasteiger charge is -2.31. The van der Waals surface area contributed by atoms with Gasteiger partial charge in [0, 0.05) is 34.8 Å². The molecule has 0 aliphatic carbocycles. The monoisotopic (exact) mass is 417 g/mol. The standard InChI is InChI=1S/C20H19NO3S3/c1-2-23-19(22)15(14-4-3-8-21-12-14)6-5-13-10-16-17(11-18(13)25)24-9-7-20(16,26)27/h3-4,8,10-12,15,25-27H,2,7,9H2,1H3. The maximum absolute atomic E-state index is 12.4. The molecule has 4 nitrogen and oxygen atoms in total. The van der Waals surface area contributed by atoms with Crippen molar-refractivity contribution in [2.45, 2.75) is 28.2 Å². The van der Waals surface area contributed by atoms with E-state index in [9.17, 15) is 4.79 Å². The van der Waals surface area contributed by atoms with Gasteiger partial charge in [-0.25, -0.2) is 0 Å². The van der Waals surface area contributed by atoms with Crippen molar-refractivity contribution in [3.8, 4) is 17.6 Å². The van der Waals surface area contributed by atoms with Crippen LogP contribution in [0.5, 0.6) is 5.75 Å². The van der Waals surface area contributed by atoms with Crippen LogP contribution in [0, 0.1) is 11.8 Å². The molecule has 2 aromatic rings. The summed E-state index contributed by atoms with van der Waals surface area (Å²) >= 11 is 13.8. The average Bonchev–Trinajstić information content (AvgIpc) is 2.63. The summed E-state index contributed by atoms with van der Waals surface area (Å²) in [5.41, 5.74) is 2.20. The second-order valence-electron chi connectivity index (χ2n) is 6.02. The topological polar surface area (TPSA) is 48.4 Å². The summed E-state index contributed by atoms with van der Waals surface area (Å²) in [5, 5.41) is 0. The molecule has 7 heteroatoms. The van der Waals surface area contributed by atoms with Gasteiger partial charge in [0.25, 0.3) is 0 Å². The molecule has 1 aliphatic rings. The molecule has 0 amide bonds. The first-order valence-corrected chi connectivity index (χ1v) is 9.79. The van der Waals surface area contributed by atoms with Crippen LogP contribution in [0.25, 0.3) is 0 Å². The molecule has 0 N–H and O–H groups in total. The predicted octanol–water partition coefficient (Wildman–Crippen LogP) is 3.86. The number of benzene rings is 1. The zero-order valence-corrected chi connectivity index (χ0v) is 17.4. The van der Waals surface area contributed by atoms with Gasteiger partial charge in [-0.1, -0.05) is 17.9 Å². The SMILES string of the molecule is CCOC(=O)C(C#Cc1cc2c(cc1S)OCCC2(S)S)c1cccnc1. The minimum Gasteiger partial charge on any atom is -0.493 e. The quantitative estimate of drug-likeness (QED) is 0.307. The first-order chi connectivity index (χ1) is 12.9. The summed E-state index contributed by atoms with van der Waals surface area (Å²) in [6, 6.07) is 7.25. The van der Waals surface area contributed by atoms with Gasteiger partial charge in [0.2, 0.25) is 0 Å². The van der Waals surface area contributed by atoms with E-state index in [1.54, 1.807) is 31.5 Å². The molecule has 0 radical (unpaired) electrons. The molecular weight excluding hydrogens is 398 g/mol. The number of thiol groups is 3. The lowest BCUT2D eigenvalue weighted by atomic mass is 9.99. The molecule has 0 saturated heterocycles. The van der Waals surface area contributed by atoms with Crippen molar-refractivity contribution >= 4 is 43.9 Å². The normalized spacial score (nSPS) is 15.6. The van der Waals surface area contributed by atoms with E-state index in [4.69, 9.17) is 9.47 Å².